The van der Waals surface area contributed by atoms with Crippen molar-refractivity contribution in [3.05, 3.63) is 243 Å². The summed E-state index contributed by atoms with van der Waals surface area (Å²) in [6.45, 7) is 0. The van der Waals surface area contributed by atoms with E-state index in [1.54, 1.807) is 0 Å². The van der Waals surface area contributed by atoms with E-state index in [1.807, 2.05) is 0 Å². The number of fused-ring (bicyclic) bond motifs is 22. The Kier molecular flexibility index (Phi) is 6.34. The van der Waals surface area contributed by atoms with E-state index < -0.39 is 24.2 Å². The minimum absolute atomic E-state index is 0.270. The Labute approximate surface area is 456 Å². The van der Waals surface area contributed by atoms with Crippen LogP contribution in [0.3, 0.4) is 0 Å². The van der Waals surface area contributed by atoms with E-state index >= 15 is 0 Å². The molecule has 4 spiro atoms. The fourth-order valence-electron chi connectivity index (χ4n) is 18.3. The molecule has 0 fully saturated rings. The molecule has 0 N–H and O–H groups in total. The molecule has 22 rings (SSSR count). The van der Waals surface area contributed by atoms with Gasteiger partial charge in [0.15, 0.2) is 36.6 Å². The number of pyridine rings is 2. The SMILES string of the molecule is c1ccc2c(c1)-c1ccccc1[Si]21c2cccc3c2N2c4c1ccc1c4[N+]4(c5c(ccc6c5-n5c7c(cccc7c7ccc[n+]4c75)[Si]64c5ccccc5-c5ccccc54)O1)[n+]1cccc(c12)[Si]31c2ccccc2-c2ccccc21. The first-order chi connectivity index (χ1) is 39.2. The average Bonchev–Trinajstić information content (AvgIpc) is 1.91. The number of benzene rings is 10. The van der Waals surface area contributed by atoms with Crippen LogP contribution in [0.1, 0.15) is 0 Å². The molecular weight excluding hydrogens is 1010 g/mol. The molecule has 3 aromatic heterocycles. The number of nitrogens with zero attached hydrogens (tertiary/aromatic N) is 5. The zero-order valence-corrected chi connectivity index (χ0v) is 45.2. The number of anilines is 3. The van der Waals surface area contributed by atoms with Gasteiger partial charge >= 0.3 is 22.8 Å². The van der Waals surface area contributed by atoms with Crippen molar-refractivity contribution in [3.63, 3.8) is 0 Å². The van der Waals surface area contributed by atoms with E-state index in [4.69, 9.17) is 4.74 Å². The van der Waals surface area contributed by atoms with Gasteiger partial charge in [-0.2, -0.15) is 9.47 Å². The van der Waals surface area contributed by atoms with E-state index in [2.05, 4.69) is 262 Å². The Hall–Kier alpha value is -9.49. The Bertz CT molecular complexity index is 5100. The van der Waals surface area contributed by atoms with Crippen LogP contribution in [0.2, 0.25) is 0 Å². The summed E-state index contributed by atoms with van der Waals surface area (Å²) in [7, 11) is -9.38. The number of para-hydroxylation sites is 2. The van der Waals surface area contributed by atoms with Gasteiger partial charge < -0.3 is 4.74 Å². The first kappa shape index (κ1) is 39.8. The summed E-state index contributed by atoms with van der Waals surface area (Å²) in [5.41, 5.74) is 16.9. The monoisotopic (exact) mass is 1050 g/mol. The molecule has 0 aliphatic carbocycles. The van der Waals surface area contributed by atoms with Gasteiger partial charge in [-0.1, -0.05) is 188 Å². The van der Waals surface area contributed by atoms with Gasteiger partial charge in [0.25, 0.3) is 0 Å². The largest absolute Gasteiger partial charge is 0.444 e. The molecule has 79 heavy (non-hydrogen) atoms. The standard InChI is InChI=1S/C70H40N5OSi3/c1-7-25-51-41(17-1)42-18-2-8-26-52(42)77(51)57-31-13-23-47-48-24-15-39-71-69(48)73(63(47)57)65-60(77)37-35-49-67(65)75(71)68-50(76-49)36-38-61-66(68)74-64-58(78(61)53-27-9-3-19-43(53)44-20-4-10-28-54(44)78)32-14-33-59(64)79(62-34-16-40-72(75)70(62)74)55-29-11-5-21-45(55)46-22-6-12-30-56(46)79/h1-40H/q+3. The molecule has 1 atom stereocenters. The van der Waals surface area contributed by atoms with Gasteiger partial charge in [0.05, 0.1) is 10.1 Å². The fourth-order valence-corrected chi connectivity index (χ4v) is 35.1. The van der Waals surface area contributed by atoms with Crippen LogP contribution >= 0.6 is 0 Å². The lowest BCUT2D eigenvalue weighted by Crippen LogP contribution is -2.91. The second kappa shape index (κ2) is 12.6. The predicted octanol–water partition coefficient (Wildman–Crippen LogP) is 6.14. The predicted molar refractivity (Wildman–Crippen MR) is 323 cm³/mol. The van der Waals surface area contributed by atoms with Gasteiger partial charge in [-0.15, -0.1) is 0 Å². The minimum Gasteiger partial charge on any atom is -0.444 e. The van der Waals surface area contributed by atoms with E-state index in [1.165, 1.54) is 140 Å². The molecule has 12 heterocycles. The lowest BCUT2D eigenvalue weighted by atomic mass is 10.1. The van der Waals surface area contributed by atoms with Gasteiger partial charge in [-0.05, 0) is 116 Å². The maximum atomic E-state index is 7.78. The molecule has 9 heteroatoms. The second-order valence-corrected chi connectivity index (χ2v) is 34.1. The molecule has 0 amide bonds. The maximum absolute atomic E-state index is 7.78. The van der Waals surface area contributed by atoms with E-state index in [-0.39, 0.29) is 4.70 Å². The molecule has 10 aromatic carbocycles. The van der Waals surface area contributed by atoms with Crippen LogP contribution in [0, 0.1) is 0 Å². The molecule has 0 radical (unpaired) electrons. The quantitative estimate of drug-likeness (QED) is 0.104. The number of rotatable bonds is 0. The smallest absolute Gasteiger partial charge is 0.350 e. The number of ether oxygens (including phenoxy) is 1. The Morgan fingerprint density at radius 2 is 0.709 bits per heavy atom. The Morgan fingerprint density at radius 1 is 0.316 bits per heavy atom. The van der Waals surface area contributed by atoms with Gasteiger partial charge in [-0.25, -0.2) is 0 Å². The zero-order chi connectivity index (χ0) is 50.6. The topological polar surface area (TPSA) is 25.2 Å². The van der Waals surface area contributed by atoms with Crippen molar-refractivity contribution < 1.29 is 14.1 Å². The summed E-state index contributed by atoms with van der Waals surface area (Å²) in [6.07, 6.45) is 4.83. The Morgan fingerprint density at radius 3 is 1.27 bits per heavy atom. The highest BCUT2D eigenvalue weighted by Crippen LogP contribution is 2.62. The van der Waals surface area contributed by atoms with Crippen molar-refractivity contribution in [2.45, 2.75) is 0 Å². The number of quaternary nitrogens is 1. The highest BCUT2D eigenvalue weighted by atomic mass is 28.3. The van der Waals surface area contributed by atoms with Crippen LogP contribution in [0.15, 0.2) is 243 Å². The number of hydrogen-bond donors (Lipinski definition) is 0. The lowest BCUT2D eigenvalue weighted by molar-refractivity contribution is -1.03. The molecule has 0 bridgehead atoms. The minimum atomic E-state index is -3.18. The van der Waals surface area contributed by atoms with Crippen molar-refractivity contribution in [2.75, 3.05) is 4.90 Å². The van der Waals surface area contributed by atoms with Gasteiger partial charge in [0.2, 0.25) is 22.9 Å². The van der Waals surface area contributed by atoms with E-state index in [0.29, 0.717) is 0 Å². The summed E-state index contributed by atoms with van der Waals surface area (Å²) in [5.74, 6) is 3.03. The molecule has 0 saturated heterocycles. The van der Waals surface area contributed by atoms with Crippen molar-refractivity contribution in [1.29, 1.82) is 0 Å². The third kappa shape index (κ3) is 3.69. The highest BCUT2D eigenvalue weighted by molar-refractivity contribution is 7.27. The molecule has 9 aliphatic rings. The van der Waals surface area contributed by atoms with Crippen molar-refractivity contribution in [2.24, 2.45) is 0 Å². The van der Waals surface area contributed by atoms with Crippen LogP contribution in [-0.4, -0.2) is 28.8 Å². The summed E-state index contributed by atoms with van der Waals surface area (Å²) < 4.78 is 16.1. The number of hydrogen-bond acceptors (Lipinski definition) is 2. The van der Waals surface area contributed by atoms with Crippen LogP contribution in [-0.2, 0) is 0 Å². The van der Waals surface area contributed by atoms with Gasteiger partial charge in [0.1, 0.15) is 11.2 Å². The van der Waals surface area contributed by atoms with Crippen LogP contribution in [0.4, 0.5) is 28.6 Å². The highest BCUT2D eigenvalue weighted by Gasteiger charge is 2.75. The first-order valence-corrected chi connectivity index (χ1v) is 33.7. The van der Waals surface area contributed by atoms with Crippen LogP contribution in [0.5, 0.6) is 11.5 Å². The first-order valence-electron chi connectivity index (χ1n) is 27.7. The molecule has 360 valence electrons. The van der Waals surface area contributed by atoms with Gasteiger partial charge in [0, 0.05) is 36.5 Å². The molecule has 6 nitrogen and oxygen atoms in total. The molecular formula is C70H40N5OSi3+3. The summed E-state index contributed by atoms with van der Waals surface area (Å²) in [4.78, 5) is 2.79. The van der Waals surface area contributed by atoms with E-state index in [0.717, 1.165) is 22.9 Å². The molecule has 13 aromatic rings. The van der Waals surface area contributed by atoms with Gasteiger partial charge in [-0.3, -0.25) is 0 Å². The summed E-state index contributed by atoms with van der Waals surface area (Å²) in [5, 5.41) is 20.0. The fraction of sp³-hybridized carbons (Fsp3) is 0. The van der Waals surface area contributed by atoms with Crippen molar-refractivity contribution in [3.8, 4) is 50.6 Å². The van der Waals surface area contributed by atoms with Crippen molar-refractivity contribution >= 4 is 137 Å². The molecule has 1 unspecified atom stereocenters. The molecule has 0 saturated carbocycles. The second-order valence-electron chi connectivity index (χ2n) is 23.1. The third-order valence-corrected chi connectivity index (χ3v) is 35.3. The van der Waals surface area contributed by atoms with Crippen LogP contribution in [0.25, 0.3) is 61.0 Å². The zero-order valence-electron chi connectivity index (χ0n) is 42.2. The van der Waals surface area contributed by atoms with E-state index in [9.17, 15) is 0 Å². The normalized spacial score (nSPS) is 18.3. The maximum Gasteiger partial charge on any atom is 0.350 e. The average molecular weight is 1050 g/mol. The third-order valence-electron chi connectivity index (χ3n) is 20.6. The molecule has 9 aliphatic heterocycles. The summed E-state index contributed by atoms with van der Waals surface area (Å²) >= 11 is 0. The number of aromatic nitrogens is 3. The Balaban J connectivity index is 1.01. The van der Waals surface area contributed by atoms with Crippen molar-refractivity contribution in [1.82, 2.24) is 9.27 Å². The van der Waals surface area contributed by atoms with Crippen LogP contribution < -0.4 is 85.9 Å². The lowest BCUT2D eigenvalue weighted by Gasteiger charge is -2.50. The summed E-state index contributed by atoms with van der Waals surface area (Å²) in [6, 6.07) is 90.8.